The van der Waals surface area contributed by atoms with Crippen molar-refractivity contribution in [3.8, 4) is 0 Å². The molecule has 1 N–H and O–H groups in total. The van der Waals surface area contributed by atoms with Crippen LogP contribution in [0.3, 0.4) is 0 Å². The van der Waals surface area contributed by atoms with E-state index in [1.807, 2.05) is 33.2 Å². The zero-order valence-corrected chi connectivity index (χ0v) is 14.5. The minimum absolute atomic E-state index is 0.278. The molecule has 0 aliphatic rings. The molecule has 0 saturated carbocycles. The molecule has 0 aliphatic carbocycles. The summed E-state index contributed by atoms with van der Waals surface area (Å²) in [5.74, 6) is 0.155. The van der Waals surface area contributed by atoms with Crippen LogP contribution in [0.4, 0.5) is 5.69 Å². The molecule has 0 atom stereocenters. The Bertz CT molecular complexity index is 903. The number of nitrogens with one attached hydrogen (secondary N) is 1. The molecule has 0 spiro atoms. The fourth-order valence-corrected chi connectivity index (χ4v) is 2.64. The Morgan fingerprint density at radius 2 is 2.12 bits per heavy atom. The predicted octanol–water partition coefficient (Wildman–Crippen LogP) is 3.01. The molecule has 0 unspecified atom stereocenters. The van der Waals surface area contributed by atoms with Gasteiger partial charge in [-0.25, -0.2) is 9.97 Å². The number of anilines is 1. The Morgan fingerprint density at radius 1 is 1.33 bits per heavy atom. The topological polar surface area (TPSA) is 62.5 Å². The molecule has 0 aliphatic heterocycles. The third-order valence-electron chi connectivity index (χ3n) is 3.55. The van der Waals surface area contributed by atoms with Crippen LogP contribution >= 0.6 is 11.6 Å². The van der Waals surface area contributed by atoms with Gasteiger partial charge in [-0.3, -0.25) is 9.20 Å². The van der Waals surface area contributed by atoms with Gasteiger partial charge in [0.2, 0.25) is 5.78 Å². The lowest BCUT2D eigenvalue weighted by Gasteiger charge is -2.12. The van der Waals surface area contributed by atoms with E-state index in [1.165, 1.54) is 11.8 Å². The minimum atomic E-state index is -0.278. The summed E-state index contributed by atoms with van der Waals surface area (Å²) >= 11 is 5.89. The van der Waals surface area contributed by atoms with Gasteiger partial charge in [0, 0.05) is 24.6 Å². The summed E-state index contributed by atoms with van der Waals surface area (Å²) in [6.45, 7) is 2.83. The van der Waals surface area contributed by atoms with E-state index in [4.69, 9.17) is 11.6 Å². The number of imidazole rings is 1. The van der Waals surface area contributed by atoms with Crippen molar-refractivity contribution >= 4 is 29.0 Å². The number of carbonyl (C=O) groups is 1. The monoisotopic (exact) mass is 343 g/mol. The fourth-order valence-electron chi connectivity index (χ4n) is 2.49. The second-order valence-electron chi connectivity index (χ2n) is 5.95. The number of carbonyl (C=O) groups excluding carboxylic acids is 1. The summed E-state index contributed by atoms with van der Waals surface area (Å²) in [6.07, 6.45) is 4.77. The van der Waals surface area contributed by atoms with Crippen LogP contribution in [-0.2, 0) is 6.54 Å². The number of aromatic nitrogens is 3. The predicted molar refractivity (Wildman–Crippen MR) is 94.5 cm³/mol. The van der Waals surface area contributed by atoms with Gasteiger partial charge in [-0.2, -0.15) is 0 Å². The van der Waals surface area contributed by atoms with Gasteiger partial charge in [0.05, 0.1) is 11.2 Å². The molecule has 124 valence electrons. The number of hydrogen-bond acceptors (Lipinski definition) is 4. The lowest BCUT2D eigenvalue weighted by Crippen LogP contribution is -2.14. The van der Waals surface area contributed by atoms with Crippen molar-refractivity contribution < 1.29 is 4.79 Å². The van der Waals surface area contributed by atoms with E-state index in [0.29, 0.717) is 16.5 Å². The maximum absolute atomic E-state index is 12.4. The maximum atomic E-state index is 12.4. The number of benzene rings is 1. The number of rotatable bonds is 4. The van der Waals surface area contributed by atoms with Crippen molar-refractivity contribution in [2.24, 2.45) is 0 Å². The molecular weight excluding hydrogens is 326 g/mol. The third-order valence-corrected chi connectivity index (χ3v) is 3.74. The van der Waals surface area contributed by atoms with E-state index < -0.39 is 0 Å². The van der Waals surface area contributed by atoms with E-state index in [0.717, 1.165) is 17.8 Å². The molecule has 0 fully saturated rings. The fraction of sp³-hybridized carbons (Fsp3) is 0.235. The van der Waals surface area contributed by atoms with Crippen LogP contribution in [0.2, 0.25) is 5.02 Å². The molecule has 6 nitrogen and oxygen atoms in total. The second kappa shape index (κ2) is 6.59. The summed E-state index contributed by atoms with van der Waals surface area (Å²) in [4.78, 5) is 22.8. The first-order valence-electron chi connectivity index (χ1n) is 7.48. The Labute approximate surface area is 145 Å². The van der Waals surface area contributed by atoms with Crippen molar-refractivity contribution in [2.75, 3.05) is 19.4 Å². The average Bonchev–Trinajstić information content (AvgIpc) is 2.92. The number of amides is 1. The summed E-state index contributed by atoms with van der Waals surface area (Å²) in [6, 6.07) is 5.99. The number of fused-ring (bicyclic) bond motifs is 1. The maximum Gasteiger partial charge on any atom is 0.275 e. The Balaban J connectivity index is 1.80. The van der Waals surface area contributed by atoms with Gasteiger partial charge in [0.1, 0.15) is 5.69 Å². The first-order chi connectivity index (χ1) is 11.4. The molecule has 3 rings (SSSR count). The number of nitrogens with zero attached hydrogens (tertiary/aromatic N) is 4. The molecule has 1 aromatic carbocycles. The molecular formula is C17H18ClN5O. The van der Waals surface area contributed by atoms with Crippen LogP contribution in [0.5, 0.6) is 0 Å². The second-order valence-corrected chi connectivity index (χ2v) is 6.38. The van der Waals surface area contributed by atoms with E-state index in [-0.39, 0.29) is 5.91 Å². The summed E-state index contributed by atoms with van der Waals surface area (Å²) in [5.41, 5.74) is 3.27. The quantitative estimate of drug-likeness (QED) is 0.791. The Kier molecular flexibility index (Phi) is 4.51. The molecule has 7 heteroatoms. The zero-order chi connectivity index (χ0) is 17.3. The van der Waals surface area contributed by atoms with Crippen LogP contribution < -0.4 is 5.32 Å². The van der Waals surface area contributed by atoms with Gasteiger partial charge in [0.25, 0.3) is 5.91 Å². The van der Waals surface area contributed by atoms with Crippen molar-refractivity contribution in [1.29, 1.82) is 0 Å². The lowest BCUT2D eigenvalue weighted by atomic mass is 10.1. The van der Waals surface area contributed by atoms with Gasteiger partial charge in [-0.1, -0.05) is 23.7 Å². The standard InChI is InChI=1S/C17H18ClN5O/c1-11-6-12(8-22(2)3)4-5-14(11)20-16(24)15-10-23-9-13(18)7-19-17(23)21-15/h4-7,9-10H,8H2,1-3H3,(H,20,24). The number of aryl methyl sites for hydroxylation is 1. The smallest absolute Gasteiger partial charge is 0.275 e. The SMILES string of the molecule is Cc1cc(CN(C)C)ccc1NC(=O)c1cn2cc(Cl)cnc2n1. The molecule has 0 radical (unpaired) electrons. The van der Waals surface area contributed by atoms with Gasteiger partial charge >= 0.3 is 0 Å². The highest BCUT2D eigenvalue weighted by atomic mass is 35.5. The van der Waals surface area contributed by atoms with E-state index in [2.05, 4.69) is 26.3 Å². The molecule has 2 heterocycles. The van der Waals surface area contributed by atoms with Crippen molar-refractivity contribution in [1.82, 2.24) is 19.3 Å². The third kappa shape index (κ3) is 3.55. The minimum Gasteiger partial charge on any atom is -0.320 e. The largest absolute Gasteiger partial charge is 0.320 e. The Hall–Kier alpha value is -2.44. The van der Waals surface area contributed by atoms with Crippen LogP contribution in [0, 0.1) is 6.92 Å². The molecule has 1 amide bonds. The van der Waals surface area contributed by atoms with Crippen LogP contribution in [0.15, 0.2) is 36.8 Å². The highest BCUT2D eigenvalue weighted by molar-refractivity contribution is 6.30. The number of hydrogen-bond donors (Lipinski definition) is 1. The van der Waals surface area contributed by atoms with Gasteiger partial charge < -0.3 is 10.2 Å². The van der Waals surface area contributed by atoms with Crippen LogP contribution in [0.1, 0.15) is 21.6 Å². The van der Waals surface area contributed by atoms with Crippen molar-refractivity contribution in [2.45, 2.75) is 13.5 Å². The van der Waals surface area contributed by atoms with Gasteiger partial charge in [-0.15, -0.1) is 0 Å². The van der Waals surface area contributed by atoms with E-state index in [9.17, 15) is 4.79 Å². The van der Waals surface area contributed by atoms with Crippen molar-refractivity contribution in [3.05, 3.63) is 58.6 Å². The van der Waals surface area contributed by atoms with E-state index >= 15 is 0 Å². The summed E-state index contributed by atoms with van der Waals surface area (Å²) in [7, 11) is 4.05. The highest BCUT2D eigenvalue weighted by Gasteiger charge is 2.13. The molecule has 24 heavy (non-hydrogen) atoms. The highest BCUT2D eigenvalue weighted by Crippen LogP contribution is 2.18. The number of halogens is 1. The molecule has 2 aromatic heterocycles. The van der Waals surface area contributed by atoms with Crippen molar-refractivity contribution in [3.63, 3.8) is 0 Å². The molecule has 0 saturated heterocycles. The van der Waals surface area contributed by atoms with Gasteiger partial charge in [0.15, 0.2) is 0 Å². The summed E-state index contributed by atoms with van der Waals surface area (Å²) < 4.78 is 1.63. The van der Waals surface area contributed by atoms with Gasteiger partial charge in [-0.05, 0) is 38.2 Å². The summed E-state index contributed by atoms with van der Waals surface area (Å²) in [5, 5.41) is 3.38. The first kappa shape index (κ1) is 16.4. The first-order valence-corrected chi connectivity index (χ1v) is 7.86. The zero-order valence-electron chi connectivity index (χ0n) is 13.7. The van der Waals surface area contributed by atoms with Crippen LogP contribution in [0.25, 0.3) is 5.78 Å². The molecule has 3 aromatic rings. The van der Waals surface area contributed by atoms with E-state index in [1.54, 1.807) is 16.8 Å². The Morgan fingerprint density at radius 3 is 2.83 bits per heavy atom. The average molecular weight is 344 g/mol. The lowest BCUT2D eigenvalue weighted by molar-refractivity contribution is 0.102. The molecule has 0 bridgehead atoms. The normalized spacial score (nSPS) is 11.2. The van der Waals surface area contributed by atoms with Crippen LogP contribution in [-0.4, -0.2) is 39.3 Å².